The lowest BCUT2D eigenvalue weighted by Gasteiger charge is -2.09. The Bertz CT molecular complexity index is 915. The highest BCUT2D eigenvalue weighted by Gasteiger charge is 2.19. The van der Waals surface area contributed by atoms with Gasteiger partial charge in [-0.2, -0.15) is 5.10 Å². The molecule has 3 aromatic rings. The van der Waals surface area contributed by atoms with Gasteiger partial charge in [0.2, 0.25) is 0 Å². The van der Waals surface area contributed by atoms with Crippen molar-refractivity contribution < 1.29 is 10.2 Å². The Morgan fingerprint density at radius 3 is 2.68 bits per heavy atom. The lowest BCUT2D eigenvalue weighted by atomic mass is 10.2. The normalized spacial score (nSPS) is 10.7. The van der Waals surface area contributed by atoms with E-state index in [2.05, 4.69) is 20.2 Å². The number of nitrogens with two attached hydrogens (primary N) is 2. The molecule has 0 aliphatic carbocycles. The molecule has 10 nitrogen and oxygen atoms in total. The maximum atomic E-state index is 12.0. The van der Waals surface area contributed by atoms with Gasteiger partial charge in [-0.25, -0.2) is 24.4 Å². The van der Waals surface area contributed by atoms with Crippen LogP contribution in [0.2, 0.25) is 0 Å². The molecule has 0 aliphatic heterocycles. The van der Waals surface area contributed by atoms with Crippen molar-refractivity contribution in [1.82, 2.24) is 24.7 Å². The van der Waals surface area contributed by atoms with Crippen molar-refractivity contribution in [1.29, 1.82) is 0 Å². The highest BCUT2D eigenvalue weighted by molar-refractivity contribution is 5.71. The van der Waals surface area contributed by atoms with Crippen molar-refractivity contribution in [3.05, 3.63) is 35.0 Å². The van der Waals surface area contributed by atoms with Gasteiger partial charge in [-0.15, -0.1) is 0 Å². The Kier molecular flexibility index (Phi) is 2.91. The first kappa shape index (κ1) is 13.4. The monoisotopic (exact) mass is 301 g/mol. The summed E-state index contributed by atoms with van der Waals surface area (Å²) in [5.74, 6) is -0.280. The molecule has 0 aliphatic rings. The van der Waals surface area contributed by atoms with Gasteiger partial charge in [0.15, 0.2) is 17.5 Å². The second kappa shape index (κ2) is 4.77. The van der Waals surface area contributed by atoms with Gasteiger partial charge in [-0.1, -0.05) is 0 Å². The van der Waals surface area contributed by atoms with Crippen molar-refractivity contribution in [2.75, 3.05) is 11.5 Å². The number of anilines is 2. The van der Waals surface area contributed by atoms with Crippen molar-refractivity contribution in [3.63, 3.8) is 0 Å². The highest BCUT2D eigenvalue weighted by atomic mass is 16.3. The third-order valence-electron chi connectivity index (χ3n) is 3.00. The van der Waals surface area contributed by atoms with Gasteiger partial charge in [0.25, 0.3) is 0 Å². The average molecular weight is 301 g/mol. The van der Waals surface area contributed by atoms with Crippen LogP contribution in [-0.4, -0.2) is 34.9 Å². The molecule has 0 saturated carbocycles. The van der Waals surface area contributed by atoms with Crippen LogP contribution in [-0.2, 0) is 0 Å². The number of aromatic hydroxyl groups is 2. The van der Waals surface area contributed by atoms with Gasteiger partial charge >= 0.3 is 5.69 Å². The van der Waals surface area contributed by atoms with E-state index in [-0.39, 0.29) is 40.2 Å². The van der Waals surface area contributed by atoms with Crippen LogP contribution in [0.25, 0.3) is 17.2 Å². The van der Waals surface area contributed by atoms with Crippen LogP contribution in [0, 0.1) is 0 Å². The predicted molar refractivity (Wildman–Crippen MR) is 77.4 cm³/mol. The summed E-state index contributed by atoms with van der Waals surface area (Å²) in [5.41, 5.74) is 11.0. The Balaban J connectivity index is 2.29. The summed E-state index contributed by atoms with van der Waals surface area (Å²) in [7, 11) is 0. The van der Waals surface area contributed by atoms with E-state index < -0.39 is 5.69 Å². The second-order valence-electron chi connectivity index (χ2n) is 4.39. The fourth-order valence-corrected chi connectivity index (χ4v) is 1.96. The molecule has 0 amide bonds. The predicted octanol–water partition coefficient (Wildman–Crippen LogP) is -0.407. The molecule has 0 saturated heterocycles. The van der Waals surface area contributed by atoms with Gasteiger partial charge in [-0.3, -0.25) is 0 Å². The molecule has 3 rings (SSSR count). The zero-order valence-corrected chi connectivity index (χ0v) is 11.1. The summed E-state index contributed by atoms with van der Waals surface area (Å²) in [6.45, 7) is 0. The van der Waals surface area contributed by atoms with Crippen molar-refractivity contribution in [3.8, 4) is 28.7 Å². The van der Waals surface area contributed by atoms with Gasteiger partial charge in [-0.05, 0) is 12.1 Å². The average Bonchev–Trinajstić information content (AvgIpc) is 2.84. The maximum Gasteiger partial charge on any atom is 0.349 e. The summed E-state index contributed by atoms with van der Waals surface area (Å²) in [6.07, 6.45) is 1.15. The number of hydrogen-bond acceptors (Lipinski definition) is 8. The number of nitrogen functional groups attached to an aromatic ring is 2. The largest absolute Gasteiger partial charge is 0.508 e. The van der Waals surface area contributed by atoms with Crippen LogP contribution in [0.1, 0.15) is 0 Å². The molecule has 22 heavy (non-hydrogen) atoms. The van der Waals surface area contributed by atoms with Gasteiger partial charge in [0.05, 0.1) is 5.56 Å². The SMILES string of the molecule is Nc1ncnc(-n2c(-c3ccc(O)cc3O)n[nH]c2=O)c1N. The smallest absolute Gasteiger partial charge is 0.349 e. The van der Waals surface area contributed by atoms with Crippen LogP contribution in [0.15, 0.2) is 29.3 Å². The third-order valence-corrected chi connectivity index (χ3v) is 3.00. The molecule has 0 bridgehead atoms. The number of nitrogens with zero attached hydrogens (tertiary/aromatic N) is 4. The first-order chi connectivity index (χ1) is 10.5. The number of aromatic amines is 1. The minimum absolute atomic E-state index is 0.00511. The number of hydrogen-bond donors (Lipinski definition) is 5. The van der Waals surface area contributed by atoms with E-state index in [9.17, 15) is 15.0 Å². The number of phenolic OH excluding ortho intramolecular Hbond substituents is 2. The number of rotatable bonds is 2. The van der Waals surface area contributed by atoms with Crippen molar-refractivity contribution in [2.45, 2.75) is 0 Å². The summed E-state index contributed by atoms with van der Waals surface area (Å²) in [4.78, 5) is 19.7. The van der Waals surface area contributed by atoms with E-state index in [1.165, 1.54) is 12.1 Å². The maximum absolute atomic E-state index is 12.0. The van der Waals surface area contributed by atoms with Gasteiger partial charge in [0.1, 0.15) is 23.5 Å². The minimum Gasteiger partial charge on any atom is -0.508 e. The molecular weight excluding hydrogens is 290 g/mol. The van der Waals surface area contributed by atoms with E-state index >= 15 is 0 Å². The Morgan fingerprint density at radius 2 is 1.95 bits per heavy atom. The Labute approximate surface area is 122 Å². The van der Waals surface area contributed by atoms with Crippen molar-refractivity contribution in [2.24, 2.45) is 0 Å². The van der Waals surface area contributed by atoms with E-state index in [1.807, 2.05) is 0 Å². The molecular formula is C12H11N7O3. The minimum atomic E-state index is -0.618. The Hall–Kier alpha value is -3.56. The van der Waals surface area contributed by atoms with Gasteiger partial charge < -0.3 is 21.7 Å². The topological polar surface area (TPSA) is 169 Å². The molecule has 2 aromatic heterocycles. The number of phenols is 2. The highest BCUT2D eigenvalue weighted by Crippen LogP contribution is 2.31. The number of nitrogens with one attached hydrogen (secondary N) is 1. The number of benzene rings is 1. The van der Waals surface area contributed by atoms with Crippen LogP contribution in [0.5, 0.6) is 11.5 Å². The fourth-order valence-electron chi connectivity index (χ4n) is 1.96. The molecule has 0 unspecified atom stereocenters. The van der Waals surface area contributed by atoms with Gasteiger partial charge in [0, 0.05) is 6.07 Å². The molecule has 112 valence electrons. The second-order valence-corrected chi connectivity index (χ2v) is 4.39. The zero-order valence-electron chi connectivity index (χ0n) is 11.1. The molecule has 1 aromatic carbocycles. The molecule has 0 spiro atoms. The van der Waals surface area contributed by atoms with E-state index in [0.29, 0.717) is 0 Å². The van der Waals surface area contributed by atoms with E-state index in [4.69, 9.17) is 11.5 Å². The number of aromatic nitrogens is 5. The zero-order chi connectivity index (χ0) is 15.9. The molecule has 2 heterocycles. The molecule has 0 radical (unpaired) electrons. The van der Waals surface area contributed by atoms with Crippen molar-refractivity contribution >= 4 is 11.5 Å². The molecule has 0 atom stereocenters. The van der Waals surface area contributed by atoms with E-state index in [1.54, 1.807) is 0 Å². The summed E-state index contributed by atoms with van der Waals surface area (Å²) in [5, 5.41) is 25.4. The number of H-pyrrole nitrogens is 1. The molecule has 10 heteroatoms. The summed E-state index contributed by atoms with van der Waals surface area (Å²) in [6, 6.07) is 3.87. The quantitative estimate of drug-likeness (QED) is 0.425. The van der Waals surface area contributed by atoms with Crippen LogP contribution < -0.4 is 17.2 Å². The fraction of sp³-hybridized carbons (Fsp3) is 0. The van der Waals surface area contributed by atoms with Crippen LogP contribution in [0.3, 0.4) is 0 Å². The Morgan fingerprint density at radius 1 is 1.18 bits per heavy atom. The van der Waals surface area contributed by atoms with Crippen LogP contribution >= 0.6 is 0 Å². The first-order valence-corrected chi connectivity index (χ1v) is 6.05. The lowest BCUT2D eigenvalue weighted by Crippen LogP contribution is -2.19. The van der Waals surface area contributed by atoms with Crippen LogP contribution in [0.4, 0.5) is 11.5 Å². The third kappa shape index (κ3) is 1.98. The first-order valence-electron chi connectivity index (χ1n) is 6.05. The summed E-state index contributed by atoms with van der Waals surface area (Å²) >= 11 is 0. The molecule has 7 N–H and O–H groups in total. The van der Waals surface area contributed by atoms with E-state index in [0.717, 1.165) is 17.0 Å². The lowest BCUT2D eigenvalue weighted by molar-refractivity contribution is 0.451. The molecule has 0 fully saturated rings. The summed E-state index contributed by atoms with van der Waals surface area (Å²) < 4.78 is 1.06. The standard InChI is InChI=1S/C12H11N7O3/c13-8-9(14)15-4-16-11(8)19-10(17-18-12(19)22)6-2-1-5(20)3-7(6)21/h1-4,20-21H,13H2,(H,18,22)(H2,14,15,16).